The van der Waals surface area contributed by atoms with E-state index in [4.69, 9.17) is 0 Å². The minimum atomic E-state index is -2.16. The van der Waals surface area contributed by atoms with Gasteiger partial charge in [-0.3, -0.25) is 0 Å². The molecule has 1 saturated heterocycles. The highest BCUT2D eigenvalue weighted by Crippen LogP contribution is 2.34. The standard InChI is InChI=1S/C7H13F2N.ClH/c1-7(6(8)9)2-4-10-5-3-7;/h6,10H,2-5H2,1H3;1H. The van der Waals surface area contributed by atoms with Gasteiger partial charge in [-0.1, -0.05) is 6.92 Å². The summed E-state index contributed by atoms with van der Waals surface area (Å²) >= 11 is 0. The van der Waals surface area contributed by atoms with Crippen molar-refractivity contribution in [1.29, 1.82) is 0 Å². The highest BCUT2D eigenvalue weighted by atomic mass is 35.5. The zero-order chi connectivity index (χ0) is 7.61. The molecule has 0 radical (unpaired) electrons. The van der Waals surface area contributed by atoms with Crippen LogP contribution in [0.5, 0.6) is 0 Å². The van der Waals surface area contributed by atoms with Crippen molar-refractivity contribution in [2.45, 2.75) is 26.2 Å². The summed E-state index contributed by atoms with van der Waals surface area (Å²) in [4.78, 5) is 0. The van der Waals surface area contributed by atoms with E-state index < -0.39 is 11.8 Å². The molecule has 1 aliphatic heterocycles. The number of hydrogen-bond donors (Lipinski definition) is 1. The Balaban J connectivity index is 0.000001000. The highest BCUT2D eigenvalue weighted by molar-refractivity contribution is 5.85. The predicted molar refractivity (Wildman–Crippen MR) is 43.5 cm³/mol. The molecule has 0 unspecified atom stereocenters. The lowest BCUT2D eigenvalue weighted by molar-refractivity contribution is -0.0130. The van der Waals surface area contributed by atoms with Crippen LogP contribution in [0.2, 0.25) is 0 Å². The Morgan fingerprint density at radius 1 is 1.27 bits per heavy atom. The molecule has 68 valence electrons. The molecule has 1 rings (SSSR count). The Morgan fingerprint density at radius 3 is 2.00 bits per heavy atom. The molecule has 0 saturated carbocycles. The van der Waals surface area contributed by atoms with E-state index in [1.54, 1.807) is 6.92 Å². The summed E-state index contributed by atoms with van der Waals surface area (Å²) < 4.78 is 24.6. The number of nitrogens with one attached hydrogen (secondary N) is 1. The van der Waals surface area contributed by atoms with E-state index in [0.717, 1.165) is 13.1 Å². The van der Waals surface area contributed by atoms with Gasteiger partial charge in [0.2, 0.25) is 6.43 Å². The van der Waals surface area contributed by atoms with Gasteiger partial charge in [0.1, 0.15) is 0 Å². The molecule has 1 aliphatic rings. The Morgan fingerprint density at radius 2 is 1.73 bits per heavy atom. The highest BCUT2D eigenvalue weighted by Gasteiger charge is 2.35. The first-order chi connectivity index (χ1) is 4.65. The monoisotopic (exact) mass is 185 g/mol. The molecule has 0 amide bonds. The van der Waals surface area contributed by atoms with E-state index in [1.165, 1.54) is 0 Å². The predicted octanol–water partition coefficient (Wildman–Crippen LogP) is 2.06. The summed E-state index contributed by atoms with van der Waals surface area (Å²) in [5, 5.41) is 3.06. The zero-order valence-corrected chi connectivity index (χ0v) is 7.39. The van der Waals surface area contributed by atoms with Crippen molar-refractivity contribution in [3.63, 3.8) is 0 Å². The normalized spacial score (nSPS) is 22.9. The van der Waals surface area contributed by atoms with Crippen LogP contribution >= 0.6 is 12.4 Å². The van der Waals surface area contributed by atoms with E-state index in [1.807, 2.05) is 0 Å². The first-order valence-corrected chi connectivity index (χ1v) is 3.64. The average Bonchev–Trinajstić information content (AvgIpc) is 1.89. The van der Waals surface area contributed by atoms with Crippen LogP contribution in [0.4, 0.5) is 8.78 Å². The molecule has 1 heterocycles. The minimum absolute atomic E-state index is 0. The van der Waals surface area contributed by atoms with E-state index in [-0.39, 0.29) is 12.4 Å². The largest absolute Gasteiger partial charge is 0.317 e. The summed E-state index contributed by atoms with van der Waals surface area (Å²) in [5.74, 6) is 0. The lowest BCUT2D eigenvalue weighted by atomic mass is 9.81. The third kappa shape index (κ3) is 2.56. The van der Waals surface area contributed by atoms with Gasteiger partial charge >= 0.3 is 0 Å². The van der Waals surface area contributed by atoms with E-state index in [9.17, 15) is 8.78 Å². The Hall–Kier alpha value is 0.110. The van der Waals surface area contributed by atoms with Gasteiger partial charge in [-0.25, -0.2) is 8.78 Å². The van der Waals surface area contributed by atoms with E-state index in [0.29, 0.717) is 12.8 Å². The van der Waals surface area contributed by atoms with Gasteiger partial charge in [0.15, 0.2) is 0 Å². The number of halogens is 3. The molecule has 4 heteroatoms. The maximum absolute atomic E-state index is 12.3. The number of piperidine rings is 1. The molecule has 11 heavy (non-hydrogen) atoms. The quantitative estimate of drug-likeness (QED) is 0.660. The van der Waals surface area contributed by atoms with Crippen molar-refractivity contribution < 1.29 is 8.78 Å². The SMILES string of the molecule is CC1(C(F)F)CCNCC1.Cl. The molecule has 1 N–H and O–H groups in total. The maximum Gasteiger partial charge on any atom is 0.244 e. The molecule has 1 fully saturated rings. The smallest absolute Gasteiger partial charge is 0.244 e. The lowest BCUT2D eigenvalue weighted by Crippen LogP contribution is -2.39. The van der Waals surface area contributed by atoms with Gasteiger partial charge in [0.25, 0.3) is 0 Å². The van der Waals surface area contributed by atoms with Gasteiger partial charge in [0.05, 0.1) is 0 Å². The lowest BCUT2D eigenvalue weighted by Gasteiger charge is -2.32. The maximum atomic E-state index is 12.3. The summed E-state index contributed by atoms with van der Waals surface area (Å²) in [5.41, 5.74) is -0.717. The first kappa shape index (κ1) is 11.1. The summed E-state index contributed by atoms with van der Waals surface area (Å²) in [7, 11) is 0. The van der Waals surface area contributed by atoms with E-state index >= 15 is 0 Å². The Bertz CT molecular complexity index is 113. The van der Waals surface area contributed by atoms with Gasteiger partial charge in [-0.2, -0.15) is 0 Å². The molecule has 0 bridgehead atoms. The van der Waals surface area contributed by atoms with Gasteiger partial charge in [-0.15, -0.1) is 12.4 Å². The second-order valence-electron chi connectivity index (χ2n) is 3.20. The molecular weight excluding hydrogens is 172 g/mol. The molecule has 0 spiro atoms. The van der Waals surface area contributed by atoms with E-state index in [2.05, 4.69) is 5.32 Å². The summed E-state index contributed by atoms with van der Waals surface area (Å²) in [6.45, 7) is 3.14. The number of alkyl halides is 2. The van der Waals surface area contributed by atoms with Crippen LogP contribution in [0.15, 0.2) is 0 Å². The second kappa shape index (κ2) is 4.21. The summed E-state index contributed by atoms with van der Waals surface area (Å²) in [6.07, 6.45) is -0.954. The van der Waals surface area contributed by atoms with Crippen LogP contribution in [-0.4, -0.2) is 19.5 Å². The average molecular weight is 186 g/mol. The molecule has 0 atom stereocenters. The molecule has 0 aromatic heterocycles. The fraction of sp³-hybridized carbons (Fsp3) is 1.00. The van der Waals surface area contributed by atoms with Gasteiger partial charge in [0, 0.05) is 5.41 Å². The molecular formula is C7H14ClF2N. The topological polar surface area (TPSA) is 12.0 Å². The second-order valence-corrected chi connectivity index (χ2v) is 3.20. The Labute approximate surface area is 72.0 Å². The number of hydrogen-bond acceptors (Lipinski definition) is 1. The van der Waals surface area contributed by atoms with Crippen molar-refractivity contribution in [1.82, 2.24) is 5.32 Å². The third-order valence-corrected chi connectivity index (χ3v) is 2.27. The summed E-state index contributed by atoms with van der Waals surface area (Å²) in [6, 6.07) is 0. The minimum Gasteiger partial charge on any atom is -0.317 e. The van der Waals surface area contributed by atoms with Gasteiger partial charge in [-0.05, 0) is 25.9 Å². The van der Waals surface area contributed by atoms with Crippen molar-refractivity contribution >= 4 is 12.4 Å². The fourth-order valence-electron chi connectivity index (χ4n) is 1.22. The van der Waals surface area contributed by atoms with Crippen molar-refractivity contribution in [3.05, 3.63) is 0 Å². The number of rotatable bonds is 1. The fourth-order valence-corrected chi connectivity index (χ4v) is 1.22. The first-order valence-electron chi connectivity index (χ1n) is 3.64. The van der Waals surface area contributed by atoms with Crippen LogP contribution < -0.4 is 5.32 Å². The van der Waals surface area contributed by atoms with Crippen LogP contribution in [0.25, 0.3) is 0 Å². The van der Waals surface area contributed by atoms with Crippen molar-refractivity contribution in [2.24, 2.45) is 5.41 Å². The molecule has 0 aromatic carbocycles. The van der Waals surface area contributed by atoms with Crippen LogP contribution in [0.3, 0.4) is 0 Å². The zero-order valence-electron chi connectivity index (χ0n) is 6.57. The molecule has 0 aromatic rings. The van der Waals surface area contributed by atoms with Crippen LogP contribution in [-0.2, 0) is 0 Å². The van der Waals surface area contributed by atoms with Crippen LogP contribution in [0, 0.1) is 5.41 Å². The molecule has 1 nitrogen and oxygen atoms in total. The van der Waals surface area contributed by atoms with Crippen molar-refractivity contribution in [3.8, 4) is 0 Å². The van der Waals surface area contributed by atoms with Crippen molar-refractivity contribution in [2.75, 3.05) is 13.1 Å². The third-order valence-electron chi connectivity index (χ3n) is 2.27. The van der Waals surface area contributed by atoms with Gasteiger partial charge < -0.3 is 5.32 Å². The van der Waals surface area contributed by atoms with Crippen LogP contribution in [0.1, 0.15) is 19.8 Å². The Kier molecular flexibility index (Phi) is 4.26. The molecule has 0 aliphatic carbocycles.